The minimum absolute atomic E-state index is 1.02. The second-order valence-electron chi connectivity index (χ2n) is 4.94. The summed E-state index contributed by atoms with van der Waals surface area (Å²) >= 11 is 7.84. The van der Waals surface area contributed by atoms with Crippen molar-refractivity contribution >= 4 is 52.6 Å². The molecule has 4 heterocycles. The highest BCUT2D eigenvalue weighted by Crippen LogP contribution is 2.62. The van der Waals surface area contributed by atoms with Crippen LogP contribution >= 0.6 is 47.0 Å². The van der Waals surface area contributed by atoms with E-state index in [2.05, 4.69) is 22.1 Å². The van der Waals surface area contributed by atoms with Crippen LogP contribution in [0.1, 0.15) is 11.1 Å². The van der Waals surface area contributed by atoms with Crippen molar-refractivity contribution in [3.8, 4) is 11.4 Å². The molecule has 3 aliphatic rings. The third kappa shape index (κ3) is 2.01. The topological polar surface area (TPSA) is 25.8 Å². The van der Waals surface area contributed by atoms with E-state index in [9.17, 15) is 0 Å². The highest BCUT2D eigenvalue weighted by molar-refractivity contribution is 8.41. The van der Waals surface area contributed by atoms with E-state index in [0.29, 0.717) is 0 Å². The van der Waals surface area contributed by atoms with Crippen molar-refractivity contribution < 1.29 is 0 Å². The van der Waals surface area contributed by atoms with Gasteiger partial charge in [-0.2, -0.15) is 0 Å². The first-order valence-electron chi connectivity index (χ1n) is 6.93. The van der Waals surface area contributed by atoms with Crippen molar-refractivity contribution in [1.82, 2.24) is 9.97 Å². The maximum absolute atomic E-state index is 4.57. The molecule has 0 amide bonds. The predicted octanol–water partition coefficient (Wildman–Crippen LogP) is 5.26. The maximum atomic E-state index is 4.57. The third-order valence-electron chi connectivity index (χ3n) is 3.67. The molecule has 0 N–H and O–H groups in total. The molecule has 2 nitrogen and oxygen atoms in total. The largest absolute Gasteiger partial charge is 0.254 e. The fourth-order valence-electron chi connectivity index (χ4n) is 2.78. The van der Waals surface area contributed by atoms with Crippen molar-refractivity contribution in [3.63, 3.8) is 0 Å². The van der Waals surface area contributed by atoms with Crippen LogP contribution in [0.25, 0.3) is 17.0 Å². The average molecular weight is 359 g/mol. The first-order chi connectivity index (χ1) is 10.9. The number of hydrogen-bond donors (Lipinski definition) is 0. The van der Waals surface area contributed by atoms with Crippen molar-refractivity contribution in [2.75, 3.05) is 11.5 Å². The summed E-state index contributed by atoms with van der Waals surface area (Å²) in [6.07, 6.45) is 3.71. The van der Waals surface area contributed by atoms with Gasteiger partial charge in [0.2, 0.25) is 0 Å². The van der Waals surface area contributed by atoms with E-state index in [-0.39, 0.29) is 0 Å². The van der Waals surface area contributed by atoms with Crippen LogP contribution in [0.4, 0.5) is 0 Å². The van der Waals surface area contributed by atoms with Crippen LogP contribution in [0.5, 0.6) is 0 Å². The molecule has 0 radical (unpaired) electrons. The van der Waals surface area contributed by atoms with Gasteiger partial charge < -0.3 is 0 Å². The van der Waals surface area contributed by atoms with Gasteiger partial charge in [0.15, 0.2) is 0 Å². The van der Waals surface area contributed by atoms with Crippen LogP contribution in [0, 0.1) is 0 Å². The Bertz CT molecular complexity index is 789. The zero-order valence-corrected chi connectivity index (χ0v) is 14.7. The summed E-state index contributed by atoms with van der Waals surface area (Å²) in [7, 11) is 0. The third-order valence-corrected chi connectivity index (χ3v) is 9.46. The van der Waals surface area contributed by atoms with Crippen LogP contribution in [0.15, 0.2) is 49.4 Å². The van der Waals surface area contributed by atoms with E-state index < -0.39 is 0 Å². The lowest BCUT2D eigenvalue weighted by Crippen LogP contribution is -1.88. The molecule has 0 atom stereocenters. The fourth-order valence-corrected chi connectivity index (χ4v) is 8.86. The molecule has 1 aliphatic carbocycles. The molecule has 5 rings (SSSR count). The van der Waals surface area contributed by atoms with Crippen LogP contribution in [-0.2, 0) is 0 Å². The lowest BCUT2D eigenvalue weighted by molar-refractivity contribution is 1.26. The molecule has 0 aromatic carbocycles. The molecule has 0 unspecified atom stereocenters. The summed E-state index contributed by atoms with van der Waals surface area (Å²) in [6.45, 7) is 0. The number of fused-ring (bicyclic) bond motifs is 3. The lowest BCUT2D eigenvalue weighted by atomic mass is 10.1. The zero-order chi connectivity index (χ0) is 14.5. The molecule has 0 fully saturated rings. The number of aromatic nitrogens is 2. The molecule has 2 aromatic rings. The van der Waals surface area contributed by atoms with Crippen molar-refractivity contribution in [2.24, 2.45) is 0 Å². The number of nitrogens with zero attached hydrogens (tertiary/aromatic N) is 2. The van der Waals surface area contributed by atoms with Gasteiger partial charge in [-0.05, 0) is 12.1 Å². The van der Waals surface area contributed by atoms with Gasteiger partial charge in [0, 0.05) is 40.6 Å². The summed E-state index contributed by atoms with van der Waals surface area (Å²) in [6, 6.07) is 8.38. The number of thioether (sulfide) groups is 4. The molecule has 2 aliphatic heterocycles. The van der Waals surface area contributed by atoms with Crippen LogP contribution < -0.4 is 0 Å². The van der Waals surface area contributed by atoms with E-state index in [1.807, 2.05) is 71.6 Å². The minimum Gasteiger partial charge on any atom is -0.254 e. The minimum atomic E-state index is 1.02. The van der Waals surface area contributed by atoms with E-state index in [0.717, 1.165) is 11.4 Å². The lowest BCUT2D eigenvalue weighted by Gasteiger charge is -2.08. The fraction of sp³-hybridized carbons (Fsp3) is 0.125. The summed E-state index contributed by atoms with van der Waals surface area (Å²) in [4.78, 5) is 9.15. The Hall–Kier alpha value is -0.820. The van der Waals surface area contributed by atoms with Gasteiger partial charge in [0.25, 0.3) is 0 Å². The SMILES string of the molecule is c1cnc2c(c1)C(=C1SC3=C(SCCS3)S1)c1cccnc1-2. The highest BCUT2D eigenvalue weighted by atomic mass is 32.3. The van der Waals surface area contributed by atoms with E-state index in [1.165, 1.54) is 40.9 Å². The van der Waals surface area contributed by atoms with Crippen LogP contribution in [0.3, 0.4) is 0 Å². The van der Waals surface area contributed by atoms with Gasteiger partial charge in [-0.15, -0.1) is 23.5 Å². The Morgan fingerprint density at radius 3 is 1.82 bits per heavy atom. The standard InChI is InChI=1S/C16H10N2S4/c1-3-9-11(14-21-15-16(22-14)20-8-7-19-15)10-4-2-6-18-13(10)12(9)17-5-1/h1-6H,7-8H2. The molecule has 0 saturated carbocycles. The van der Waals surface area contributed by atoms with Gasteiger partial charge in [0.05, 0.1) is 24.1 Å². The van der Waals surface area contributed by atoms with Crippen LogP contribution in [-0.4, -0.2) is 21.5 Å². The van der Waals surface area contributed by atoms with Crippen LogP contribution in [0.2, 0.25) is 0 Å². The smallest absolute Gasteiger partial charge is 0.0971 e. The number of rotatable bonds is 0. The summed E-state index contributed by atoms with van der Waals surface area (Å²) in [5.74, 6) is 2.44. The molecule has 0 spiro atoms. The molecular formula is C16H10N2S4. The van der Waals surface area contributed by atoms with Gasteiger partial charge in [-0.3, -0.25) is 9.97 Å². The monoisotopic (exact) mass is 358 g/mol. The Balaban J connectivity index is 1.71. The molecule has 0 saturated heterocycles. The first kappa shape index (κ1) is 13.6. The highest BCUT2D eigenvalue weighted by Gasteiger charge is 2.33. The number of pyridine rings is 2. The Morgan fingerprint density at radius 2 is 1.27 bits per heavy atom. The quantitative estimate of drug-likeness (QED) is 0.544. The molecule has 0 bridgehead atoms. The molecule has 108 valence electrons. The Morgan fingerprint density at radius 1 is 0.727 bits per heavy atom. The van der Waals surface area contributed by atoms with Crippen molar-refractivity contribution in [3.05, 3.63) is 60.5 Å². The molecular weight excluding hydrogens is 348 g/mol. The number of hydrogen-bond acceptors (Lipinski definition) is 6. The Labute approximate surface area is 145 Å². The zero-order valence-electron chi connectivity index (χ0n) is 11.4. The normalized spacial score (nSPS) is 19.3. The second-order valence-corrected chi connectivity index (χ2v) is 9.96. The molecule has 2 aromatic heterocycles. The van der Waals surface area contributed by atoms with Gasteiger partial charge >= 0.3 is 0 Å². The molecule has 6 heteroatoms. The first-order valence-corrected chi connectivity index (χ1v) is 10.5. The Kier molecular flexibility index (Phi) is 3.32. The summed E-state index contributed by atoms with van der Waals surface area (Å²) in [5.41, 5.74) is 5.80. The van der Waals surface area contributed by atoms with Gasteiger partial charge in [-0.1, -0.05) is 35.7 Å². The molecule has 22 heavy (non-hydrogen) atoms. The summed E-state index contributed by atoms with van der Waals surface area (Å²) < 4.78 is 4.34. The maximum Gasteiger partial charge on any atom is 0.0971 e. The van der Waals surface area contributed by atoms with E-state index in [1.54, 1.807) is 0 Å². The van der Waals surface area contributed by atoms with Gasteiger partial charge in [0.1, 0.15) is 0 Å². The van der Waals surface area contributed by atoms with E-state index in [4.69, 9.17) is 0 Å². The summed E-state index contributed by atoms with van der Waals surface area (Å²) in [5, 5.41) is 0. The van der Waals surface area contributed by atoms with Crippen molar-refractivity contribution in [2.45, 2.75) is 0 Å². The van der Waals surface area contributed by atoms with Crippen molar-refractivity contribution in [1.29, 1.82) is 0 Å². The van der Waals surface area contributed by atoms with E-state index >= 15 is 0 Å². The predicted molar refractivity (Wildman–Crippen MR) is 101 cm³/mol. The average Bonchev–Trinajstić information content (AvgIpc) is 3.13. The second kappa shape index (κ2) is 5.37. The van der Waals surface area contributed by atoms with Gasteiger partial charge in [-0.25, -0.2) is 0 Å².